The van der Waals surface area contributed by atoms with Gasteiger partial charge in [-0.05, 0) is 32.4 Å². The summed E-state index contributed by atoms with van der Waals surface area (Å²) in [7, 11) is 0. The number of fused-ring (bicyclic) bond motifs is 1. The van der Waals surface area contributed by atoms with Gasteiger partial charge < -0.3 is 18.9 Å². The lowest BCUT2D eigenvalue weighted by Gasteiger charge is -2.23. The molecular formula is C22H32N2O6. The van der Waals surface area contributed by atoms with E-state index >= 15 is 0 Å². The maximum absolute atomic E-state index is 11.9. The summed E-state index contributed by atoms with van der Waals surface area (Å²) in [5.41, 5.74) is 0.622. The number of carbonyl (C=O) groups is 1. The largest absolute Gasteiger partial charge is 0.437 e. The van der Waals surface area contributed by atoms with Crippen LogP contribution in [0.3, 0.4) is 0 Å². The van der Waals surface area contributed by atoms with Gasteiger partial charge >= 0.3 is 6.09 Å². The maximum Gasteiger partial charge on any atom is 0.437 e. The topological polar surface area (TPSA) is 87.6 Å². The number of ether oxygens (including phenoxy) is 4. The van der Waals surface area contributed by atoms with Gasteiger partial charge in [-0.15, -0.1) is 0 Å². The van der Waals surface area contributed by atoms with Gasteiger partial charge in [-0.25, -0.2) is 4.79 Å². The molecule has 8 nitrogen and oxygen atoms in total. The number of anilines is 1. The van der Waals surface area contributed by atoms with Crippen LogP contribution in [0, 0.1) is 0 Å². The Bertz CT molecular complexity index is 696. The first-order valence-corrected chi connectivity index (χ1v) is 10.7. The molecule has 3 rings (SSSR count). The molecule has 0 radical (unpaired) electrons. The van der Waals surface area contributed by atoms with E-state index in [4.69, 9.17) is 23.8 Å². The van der Waals surface area contributed by atoms with Gasteiger partial charge in [-0.1, -0.05) is 56.0 Å². The number of nitrogens with one attached hydrogen (secondary N) is 1. The molecule has 4 atom stereocenters. The van der Waals surface area contributed by atoms with Crippen molar-refractivity contribution < 1.29 is 28.6 Å². The molecule has 1 aromatic carbocycles. The third-order valence-electron chi connectivity index (χ3n) is 4.94. The number of benzene rings is 1. The van der Waals surface area contributed by atoms with Crippen LogP contribution in [0.1, 0.15) is 52.9 Å². The number of rotatable bonds is 10. The van der Waals surface area contributed by atoms with Crippen LogP contribution in [0.5, 0.6) is 0 Å². The lowest BCUT2D eigenvalue weighted by molar-refractivity contribution is -0.225. The molecule has 1 amide bonds. The Kier molecular flexibility index (Phi) is 8.21. The fourth-order valence-electron chi connectivity index (χ4n) is 3.55. The molecule has 1 N–H and O–H groups in total. The van der Waals surface area contributed by atoms with Crippen molar-refractivity contribution in [1.29, 1.82) is 0 Å². The van der Waals surface area contributed by atoms with Crippen LogP contribution >= 0.6 is 0 Å². The van der Waals surface area contributed by atoms with E-state index in [2.05, 4.69) is 17.4 Å². The van der Waals surface area contributed by atoms with Crippen LogP contribution in [0.2, 0.25) is 0 Å². The molecular weight excluding hydrogens is 388 g/mol. The number of unbranched alkanes of at least 4 members (excludes halogenated alkanes) is 4. The monoisotopic (exact) mass is 420 g/mol. The second kappa shape index (κ2) is 10.9. The standard InChI is InChI=1S/C22H32N2O6/c1-4-5-6-7-11-14-26-20-19-18(28-22(2,3)29-19)17(27-20)15-23-30-21(25)24-16-12-9-8-10-13-16/h8-10,12-13,15,17-20H,4-7,11,14H2,1-3H3,(H,24,25)/t17-,18+,19+,20+/m1/s1. The molecule has 2 aliphatic heterocycles. The van der Waals surface area contributed by atoms with Crippen LogP contribution in [-0.2, 0) is 23.8 Å². The van der Waals surface area contributed by atoms with Gasteiger partial charge in [0.05, 0.1) is 6.21 Å². The highest BCUT2D eigenvalue weighted by Gasteiger charge is 2.55. The summed E-state index contributed by atoms with van der Waals surface area (Å²) in [5, 5.41) is 6.36. The highest BCUT2D eigenvalue weighted by Crippen LogP contribution is 2.38. The Labute approximate surface area is 177 Å². The molecule has 1 aromatic rings. The molecule has 2 aliphatic rings. The van der Waals surface area contributed by atoms with Gasteiger partial charge in [0.15, 0.2) is 12.1 Å². The predicted molar refractivity (Wildman–Crippen MR) is 112 cm³/mol. The van der Waals surface area contributed by atoms with E-state index in [1.807, 2.05) is 32.0 Å². The molecule has 8 heteroatoms. The van der Waals surface area contributed by atoms with Gasteiger partial charge in [-0.3, -0.25) is 10.2 Å². The lowest BCUT2D eigenvalue weighted by atomic mass is 10.1. The number of hydrogen-bond acceptors (Lipinski definition) is 7. The third-order valence-corrected chi connectivity index (χ3v) is 4.94. The number of hydrogen-bond donors (Lipinski definition) is 1. The first-order chi connectivity index (χ1) is 14.5. The Balaban J connectivity index is 1.48. The first kappa shape index (κ1) is 22.7. The van der Waals surface area contributed by atoms with E-state index in [9.17, 15) is 4.79 Å². The molecule has 0 aliphatic carbocycles. The highest BCUT2D eigenvalue weighted by molar-refractivity contribution is 5.84. The van der Waals surface area contributed by atoms with Gasteiger partial charge in [0.25, 0.3) is 0 Å². The summed E-state index contributed by atoms with van der Waals surface area (Å²) in [6, 6.07) is 9.00. The Morgan fingerprint density at radius 1 is 1.13 bits per heavy atom. The van der Waals surface area contributed by atoms with Crippen LogP contribution in [0.25, 0.3) is 0 Å². The average Bonchev–Trinajstić information content (AvgIpc) is 3.19. The van der Waals surface area contributed by atoms with Crippen molar-refractivity contribution in [2.75, 3.05) is 11.9 Å². The molecule has 0 saturated carbocycles. The molecule has 2 heterocycles. The van der Waals surface area contributed by atoms with Crippen LogP contribution in [0.4, 0.5) is 10.5 Å². The van der Waals surface area contributed by atoms with Gasteiger partial charge in [0, 0.05) is 12.3 Å². The minimum absolute atomic E-state index is 0.356. The second-order valence-corrected chi connectivity index (χ2v) is 7.94. The Hall–Kier alpha value is -2.00. The molecule has 0 unspecified atom stereocenters. The second-order valence-electron chi connectivity index (χ2n) is 7.94. The average molecular weight is 421 g/mol. The molecule has 2 fully saturated rings. The number of oxime groups is 1. The van der Waals surface area contributed by atoms with E-state index < -0.39 is 24.3 Å². The van der Waals surface area contributed by atoms with Crippen molar-refractivity contribution in [3.63, 3.8) is 0 Å². The van der Waals surface area contributed by atoms with E-state index in [1.54, 1.807) is 12.1 Å². The smallest absolute Gasteiger partial charge is 0.350 e. The summed E-state index contributed by atoms with van der Waals surface area (Å²) in [6.45, 7) is 6.50. The van der Waals surface area contributed by atoms with Gasteiger partial charge in [0.1, 0.15) is 18.3 Å². The molecule has 2 saturated heterocycles. The number of amides is 1. The van der Waals surface area contributed by atoms with Crippen molar-refractivity contribution in [3.8, 4) is 0 Å². The number of carbonyl (C=O) groups excluding carboxylic acids is 1. The normalized spacial score (nSPS) is 27.3. The molecule has 0 aromatic heterocycles. The third kappa shape index (κ3) is 6.50. The Morgan fingerprint density at radius 2 is 1.87 bits per heavy atom. The zero-order valence-corrected chi connectivity index (χ0v) is 17.9. The van der Waals surface area contributed by atoms with E-state index in [-0.39, 0.29) is 12.2 Å². The zero-order chi connectivity index (χ0) is 21.4. The highest BCUT2D eigenvalue weighted by atomic mass is 16.8. The zero-order valence-electron chi connectivity index (χ0n) is 17.9. The minimum atomic E-state index is -0.737. The van der Waals surface area contributed by atoms with Crippen LogP contribution in [-0.4, -0.2) is 49.3 Å². The fraction of sp³-hybridized carbons (Fsp3) is 0.636. The van der Waals surface area contributed by atoms with Crippen LogP contribution < -0.4 is 5.32 Å². The minimum Gasteiger partial charge on any atom is -0.350 e. The summed E-state index contributed by atoms with van der Waals surface area (Å²) in [4.78, 5) is 16.7. The summed E-state index contributed by atoms with van der Waals surface area (Å²) in [5.74, 6) is -0.737. The first-order valence-electron chi connectivity index (χ1n) is 10.7. The summed E-state index contributed by atoms with van der Waals surface area (Å²) in [6.07, 6.45) is 4.68. The van der Waals surface area contributed by atoms with Crippen molar-refractivity contribution >= 4 is 18.0 Å². The molecule has 0 spiro atoms. The summed E-state index contributed by atoms with van der Waals surface area (Å²) < 4.78 is 23.8. The number of para-hydroxylation sites is 1. The van der Waals surface area contributed by atoms with Crippen molar-refractivity contribution in [1.82, 2.24) is 0 Å². The fourth-order valence-corrected chi connectivity index (χ4v) is 3.55. The molecule has 0 bridgehead atoms. The lowest BCUT2D eigenvalue weighted by Crippen LogP contribution is -2.31. The van der Waals surface area contributed by atoms with Crippen molar-refractivity contribution in [2.45, 2.75) is 83.3 Å². The van der Waals surface area contributed by atoms with Crippen molar-refractivity contribution in [3.05, 3.63) is 30.3 Å². The van der Waals surface area contributed by atoms with Crippen molar-refractivity contribution in [2.24, 2.45) is 5.16 Å². The SMILES string of the molecule is CCCCCCCO[C@H]1O[C@H](C=NOC(=O)Nc2ccccc2)[C@@H]2OC(C)(C)O[C@H]12. The van der Waals surface area contributed by atoms with Crippen LogP contribution in [0.15, 0.2) is 35.5 Å². The molecule has 166 valence electrons. The maximum atomic E-state index is 11.9. The molecule has 30 heavy (non-hydrogen) atoms. The number of nitrogens with zero attached hydrogens (tertiary/aromatic N) is 1. The van der Waals surface area contributed by atoms with E-state index in [0.29, 0.717) is 12.3 Å². The van der Waals surface area contributed by atoms with E-state index in [0.717, 1.165) is 12.8 Å². The Morgan fingerprint density at radius 3 is 2.63 bits per heavy atom. The van der Waals surface area contributed by atoms with Gasteiger partial charge in [-0.2, -0.15) is 0 Å². The quantitative estimate of drug-likeness (QED) is 0.260. The van der Waals surface area contributed by atoms with E-state index in [1.165, 1.54) is 25.5 Å². The summed E-state index contributed by atoms with van der Waals surface area (Å²) >= 11 is 0. The predicted octanol–water partition coefficient (Wildman–Crippen LogP) is 4.45. The van der Waals surface area contributed by atoms with Gasteiger partial charge in [0.2, 0.25) is 0 Å².